The molecule has 0 radical (unpaired) electrons. The molecule has 0 unspecified atom stereocenters. The molecule has 0 saturated carbocycles. The van der Waals surface area contributed by atoms with E-state index in [2.05, 4.69) is 20.9 Å². The number of rotatable bonds is 5. The number of nitrogens with zero attached hydrogens (tertiary/aromatic N) is 2. The molecule has 3 rings (SSSR count). The van der Waals surface area contributed by atoms with E-state index in [9.17, 15) is 4.79 Å². The highest BCUT2D eigenvalue weighted by Crippen LogP contribution is 2.39. The van der Waals surface area contributed by atoms with Crippen LogP contribution in [0, 0.1) is 0 Å². The van der Waals surface area contributed by atoms with Crippen molar-refractivity contribution in [3.05, 3.63) is 60.9 Å². The summed E-state index contributed by atoms with van der Waals surface area (Å²) < 4.78 is 12.1. The largest absolute Gasteiger partial charge is 0.493 e. The van der Waals surface area contributed by atoms with Crippen LogP contribution >= 0.6 is 50.9 Å². The Hall–Kier alpha value is -1.67. The van der Waals surface area contributed by atoms with Crippen LogP contribution in [0.15, 0.2) is 44.7 Å². The van der Waals surface area contributed by atoms with Crippen LogP contribution in [0.3, 0.4) is 0 Å². The molecule has 1 saturated heterocycles. The van der Waals surface area contributed by atoms with Crippen LogP contribution in [0.1, 0.15) is 11.1 Å². The van der Waals surface area contributed by atoms with Gasteiger partial charge in [-0.05, 0) is 63.6 Å². The molecule has 0 aliphatic carbocycles. The fourth-order valence-corrected chi connectivity index (χ4v) is 4.62. The Kier molecular flexibility index (Phi) is 7.16. The summed E-state index contributed by atoms with van der Waals surface area (Å²) in [5.41, 5.74) is 1.60. The summed E-state index contributed by atoms with van der Waals surface area (Å²) >= 11 is 17.0. The maximum Gasteiger partial charge on any atom is 0.266 e. The van der Waals surface area contributed by atoms with Crippen LogP contribution in [0.2, 0.25) is 10.0 Å². The van der Waals surface area contributed by atoms with Crippen LogP contribution in [0.5, 0.6) is 11.5 Å². The Labute approximate surface area is 191 Å². The van der Waals surface area contributed by atoms with Gasteiger partial charge in [-0.2, -0.15) is 0 Å². The zero-order valence-electron chi connectivity index (χ0n) is 15.8. The van der Waals surface area contributed by atoms with E-state index in [1.54, 1.807) is 39.4 Å². The average molecular weight is 516 g/mol. The Bertz CT molecular complexity index is 1030. The molecule has 29 heavy (non-hydrogen) atoms. The van der Waals surface area contributed by atoms with Gasteiger partial charge in [-0.1, -0.05) is 29.3 Å². The van der Waals surface area contributed by atoms with Crippen molar-refractivity contribution in [1.82, 2.24) is 4.90 Å². The first-order valence-corrected chi connectivity index (χ1v) is 10.8. The van der Waals surface area contributed by atoms with Gasteiger partial charge >= 0.3 is 0 Å². The van der Waals surface area contributed by atoms with Crippen molar-refractivity contribution in [2.75, 3.05) is 21.2 Å². The number of hydrogen-bond donors (Lipinski definition) is 0. The Morgan fingerprint density at radius 3 is 2.66 bits per heavy atom. The van der Waals surface area contributed by atoms with E-state index < -0.39 is 0 Å². The number of aliphatic imine (C=N–C) groups is 1. The van der Waals surface area contributed by atoms with Crippen LogP contribution < -0.4 is 9.47 Å². The average Bonchev–Trinajstić information content (AvgIpc) is 2.95. The number of methoxy groups -OCH3 is 1. The number of carbonyl (C=O) groups is 1. The van der Waals surface area contributed by atoms with Crippen LogP contribution in [0.25, 0.3) is 6.08 Å². The molecular weight excluding hydrogens is 499 g/mol. The lowest BCUT2D eigenvalue weighted by Gasteiger charge is -2.14. The van der Waals surface area contributed by atoms with Gasteiger partial charge in [0.15, 0.2) is 16.7 Å². The van der Waals surface area contributed by atoms with Gasteiger partial charge in [0.25, 0.3) is 5.91 Å². The summed E-state index contributed by atoms with van der Waals surface area (Å²) in [7, 11) is 4.92. The van der Waals surface area contributed by atoms with Crippen molar-refractivity contribution < 1.29 is 14.3 Å². The summed E-state index contributed by atoms with van der Waals surface area (Å²) in [6, 6.07) is 8.92. The van der Waals surface area contributed by atoms with Gasteiger partial charge in [0.1, 0.15) is 6.61 Å². The minimum atomic E-state index is -0.0941. The molecule has 5 nitrogen and oxygen atoms in total. The van der Waals surface area contributed by atoms with Gasteiger partial charge in [-0.3, -0.25) is 14.7 Å². The Morgan fingerprint density at radius 1 is 1.28 bits per heavy atom. The van der Waals surface area contributed by atoms with Crippen LogP contribution in [0.4, 0.5) is 0 Å². The van der Waals surface area contributed by atoms with Crippen molar-refractivity contribution in [3.8, 4) is 11.5 Å². The van der Waals surface area contributed by atoms with Gasteiger partial charge in [-0.15, -0.1) is 0 Å². The van der Waals surface area contributed by atoms with Gasteiger partial charge in [-0.25, -0.2) is 0 Å². The zero-order chi connectivity index (χ0) is 21.1. The zero-order valence-corrected chi connectivity index (χ0v) is 19.7. The number of thioether (sulfide) groups is 1. The number of likely N-dealkylation sites (N-methyl/N-ethyl adjacent to an activating group) is 1. The number of amidine groups is 1. The number of halogens is 3. The summed E-state index contributed by atoms with van der Waals surface area (Å²) in [6.07, 6.45) is 1.80. The number of hydrogen-bond acceptors (Lipinski definition) is 5. The molecule has 2 aromatic carbocycles. The molecule has 0 atom stereocenters. The Balaban J connectivity index is 1.86. The van der Waals surface area contributed by atoms with Crippen molar-refractivity contribution in [2.24, 2.45) is 4.99 Å². The molecule has 1 amide bonds. The monoisotopic (exact) mass is 514 g/mol. The summed E-state index contributed by atoms with van der Waals surface area (Å²) in [5.74, 6) is 0.979. The lowest BCUT2D eigenvalue weighted by Crippen LogP contribution is -2.23. The molecule has 0 bridgehead atoms. The van der Waals surface area contributed by atoms with Gasteiger partial charge < -0.3 is 9.47 Å². The molecule has 2 aromatic rings. The first kappa shape index (κ1) is 22.0. The number of carbonyl (C=O) groups excluding carboxylic acids is 1. The molecule has 1 aliphatic heterocycles. The van der Waals surface area contributed by atoms with Crippen molar-refractivity contribution in [3.63, 3.8) is 0 Å². The summed E-state index contributed by atoms with van der Waals surface area (Å²) in [6.45, 7) is 0.251. The van der Waals surface area contributed by atoms with E-state index in [1.165, 1.54) is 16.7 Å². The van der Waals surface area contributed by atoms with Crippen LogP contribution in [-0.4, -0.2) is 37.2 Å². The first-order valence-electron chi connectivity index (χ1n) is 8.42. The standard InChI is InChI=1S/C20H17BrCl2N2O3S/c1-24-20-25(2)19(26)17(29-20)8-11-6-14(21)18(16(7-11)27-3)28-10-12-4-5-13(22)9-15(12)23/h4-9H,10H2,1-3H3/b17-8+,24-20?. The maximum absolute atomic E-state index is 12.4. The predicted molar refractivity (Wildman–Crippen MR) is 123 cm³/mol. The molecule has 0 aromatic heterocycles. The normalized spacial score (nSPS) is 16.8. The van der Waals surface area contributed by atoms with E-state index in [-0.39, 0.29) is 12.5 Å². The second-order valence-corrected chi connectivity index (χ2v) is 8.75. The predicted octanol–water partition coefficient (Wildman–Crippen LogP) is 5.88. The van der Waals surface area contributed by atoms with Gasteiger partial charge in [0.05, 0.1) is 16.5 Å². The fraction of sp³-hybridized carbons (Fsp3) is 0.200. The quantitative estimate of drug-likeness (QED) is 0.467. The van der Waals surface area contributed by atoms with Crippen LogP contribution in [-0.2, 0) is 11.4 Å². The minimum absolute atomic E-state index is 0.0941. The smallest absolute Gasteiger partial charge is 0.266 e. The first-order chi connectivity index (χ1) is 13.8. The van der Waals surface area contributed by atoms with Gasteiger partial charge in [0.2, 0.25) is 0 Å². The van der Waals surface area contributed by atoms with Crippen molar-refractivity contribution >= 4 is 68.0 Å². The number of amides is 1. The molecule has 0 N–H and O–H groups in total. The minimum Gasteiger partial charge on any atom is -0.493 e. The molecule has 1 heterocycles. The molecule has 0 spiro atoms. The highest BCUT2D eigenvalue weighted by atomic mass is 79.9. The topological polar surface area (TPSA) is 51.1 Å². The van der Waals surface area contributed by atoms with Gasteiger partial charge in [0, 0.05) is 29.7 Å². The van der Waals surface area contributed by atoms with Crippen molar-refractivity contribution in [2.45, 2.75) is 6.61 Å². The van der Waals surface area contributed by atoms with E-state index >= 15 is 0 Å². The lowest BCUT2D eigenvalue weighted by atomic mass is 10.1. The lowest BCUT2D eigenvalue weighted by molar-refractivity contribution is -0.121. The molecular formula is C20H17BrCl2N2O3S. The van der Waals surface area contributed by atoms with E-state index in [0.29, 0.717) is 36.1 Å². The van der Waals surface area contributed by atoms with E-state index in [0.717, 1.165) is 11.1 Å². The summed E-state index contributed by atoms with van der Waals surface area (Å²) in [4.78, 5) is 18.6. The summed E-state index contributed by atoms with van der Waals surface area (Å²) in [5, 5.41) is 1.76. The molecule has 1 aliphatic rings. The third kappa shape index (κ3) is 4.91. The van der Waals surface area contributed by atoms with E-state index in [1.807, 2.05) is 18.2 Å². The number of ether oxygens (including phenoxy) is 2. The second kappa shape index (κ2) is 9.43. The molecule has 152 valence electrons. The Morgan fingerprint density at radius 2 is 2.03 bits per heavy atom. The maximum atomic E-state index is 12.4. The second-order valence-electron chi connectivity index (χ2n) is 6.04. The highest BCUT2D eigenvalue weighted by molar-refractivity contribution is 9.10. The molecule has 9 heteroatoms. The number of benzene rings is 2. The third-order valence-corrected chi connectivity index (χ3v) is 6.46. The van der Waals surface area contributed by atoms with Crippen molar-refractivity contribution in [1.29, 1.82) is 0 Å². The van der Waals surface area contributed by atoms with E-state index in [4.69, 9.17) is 32.7 Å². The molecule has 1 fully saturated rings. The highest BCUT2D eigenvalue weighted by Gasteiger charge is 2.29. The third-order valence-electron chi connectivity index (χ3n) is 4.13. The fourth-order valence-electron chi connectivity index (χ4n) is 2.65. The SMILES string of the molecule is CN=C1S/C(=C/c2cc(Br)c(OCc3ccc(Cl)cc3Cl)c(OC)c2)C(=O)N1C.